The molecule has 20 heavy (non-hydrogen) atoms. The van der Waals surface area contributed by atoms with Gasteiger partial charge in [0.1, 0.15) is 5.75 Å². The lowest BCUT2D eigenvalue weighted by atomic mass is 10.0. The van der Waals surface area contributed by atoms with Gasteiger partial charge in [-0.2, -0.15) is 0 Å². The predicted octanol–water partition coefficient (Wildman–Crippen LogP) is 3.33. The van der Waals surface area contributed by atoms with Crippen molar-refractivity contribution in [1.82, 2.24) is 0 Å². The van der Waals surface area contributed by atoms with Crippen LogP contribution in [0.3, 0.4) is 0 Å². The Labute approximate surface area is 115 Å². The number of fused-ring (bicyclic) bond motifs is 1. The standard InChI is InChI=1S/C16H12F2O2/c17-13-3-1-10(7-14(13)18)8-15(19)11-2-4-16-12(9-11)5-6-20-16/h1-4,7,9H,5-6,8H2. The van der Waals surface area contributed by atoms with Gasteiger partial charge in [-0.25, -0.2) is 8.78 Å². The van der Waals surface area contributed by atoms with E-state index < -0.39 is 11.6 Å². The van der Waals surface area contributed by atoms with E-state index in [9.17, 15) is 13.6 Å². The molecular formula is C16H12F2O2. The van der Waals surface area contributed by atoms with Crippen LogP contribution in [0.5, 0.6) is 5.75 Å². The van der Waals surface area contributed by atoms with Crippen molar-refractivity contribution in [2.75, 3.05) is 6.61 Å². The minimum absolute atomic E-state index is 0.0524. The van der Waals surface area contributed by atoms with Crippen LogP contribution in [-0.4, -0.2) is 12.4 Å². The molecule has 0 atom stereocenters. The second-order valence-corrected chi connectivity index (χ2v) is 4.77. The summed E-state index contributed by atoms with van der Waals surface area (Å²) in [5.74, 6) is -1.14. The molecule has 0 saturated carbocycles. The number of ketones is 1. The maximum atomic E-state index is 13.1. The maximum Gasteiger partial charge on any atom is 0.167 e. The summed E-state index contributed by atoms with van der Waals surface area (Å²) in [4.78, 5) is 12.2. The molecule has 0 amide bonds. The average Bonchev–Trinajstić information content (AvgIpc) is 2.90. The first kappa shape index (κ1) is 12.8. The molecule has 1 aliphatic rings. The third-order valence-electron chi connectivity index (χ3n) is 3.36. The largest absolute Gasteiger partial charge is 0.493 e. The van der Waals surface area contributed by atoms with Gasteiger partial charge in [-0.15, -0.1) is 0 Å². The summed E-state index contributed by atoms with van der Waals surface area (Å²) in [7, 11) is 0. The van der Waals surface area contributed by atoms with Gasteiger partial charge in [0.2, 0.25) is 0 Å². The molecule has 1 heterocycles. The van der Waals surface area contributed by atoms with Crippen molar-refractivity contribution in [1.29, 1.82) is 0 Å². The summed E-state index contributed by atoms with van der Waals surface area (Å²) < 4.78 is 31.3. The van der Waals surface area contributed by atoms with E-state index in [1.54, 1.807) is 12.1 Å². The van der Waals surface area contributed by atoms with E-state index in [0.717, 1.165) is 29.9 Å². The second kappa shape index (κ2) is 5.04. The molecule has 2 aromatic carbocycles. The fraction of sp³-hybridized carbons (Fsp3) is 0.188. The van der Waals surface area contributed by atoms with Crippen LogP contribution in [0.2, 0.25) is 0 Å². The van der Waals surface area contributed by atoms with Crippen LogP contribution < -0.4 is 4.74 Å². The molecule has 2 aromatic rings. The molecule has 2 nitrogen and oxygen atoms in total. The van der Waals surface area contributed by atoms with Crippen molar-refractivity contribution >= 4 is 5.78 Å². The molecule has 0 N–H and O–H groups in total. The normalized spacial score (nSPS) is 12.9. The molecule has 4 heteroatoms. The quantitative estimate of drug-likeness (QED) is 0.802. The minimum atomic E-state index is -0.933. The van der Waals surface area contributed by atoms with E-state index in [1.807, 2.05) is 6.07 Å². The van der Waals surface area contributed by atoms with Gasteiger partial charge in [-0.1, -0.05) is 6.07 Å². The highest BCUT2D eigenvalue weighted by Crippen LogP contribution is 2.26. The van der Waals surface area contributed by atoms with Crippen LogP contribution in [0.15, 0.2) is 36.4 Å². The van der Waals surface area contributed by atoms with Gasteiger partial charge in [-0.05, 0) is 41.5 Å². The Bertz CT molecular complexity index is 680. The van der Waals surface area contributed by atoms with Gasteiger partial charge in [0, 0.05) is 18.4 Å². The number of hydrogen-bond donors (Lipinski definition) is 0. The Morgan fingerprint density at radius 2 is 1.95 bits per heavy atom. The monoisotopic (exact) mass is 274 g/mol. The van der Waals surface area contributed by atoms with E-state index in [0.29, 0.717) is 17.7 Å². The Morgan fingerprint density at radius 3 is 2.75 bits per heavy atom. The molecule has 0 unspecified atom stereocenters. The van der Waals surface area contributed by atoms with Crippen molar-refractivity contribution in [3.8, 4) is 5.75 Å². The smallest absolute Gasteiger partial charge is 0.167 e. The van der Waals surface area contributed by atoms with Gasteiger partial charge in [0.05, 0.1) is 6.61 Å². The van der Waals surface area contributed by atoms with Crippen LogP contribution in [0.1, 0.15) is 21.5 Å². The summed E-state index contributed by atoms with van der Waals surface area (Å²) in [5.41, 5.74) is 2.05. The zero-order chi connectivity index (χ0) is 14.1. The van der Waals surface area contributed by atoms with Crippen LogP contribution in [0, 0.1) is 11.6 Å². The van der Waals surface area contributed by atoms with Gasteiger partial charge in [-0.3, -0.25) is 4.79 Å². The third kappa shape index (κ3) is 2.41. The lowest BCUT2D eigenvalue weighted by Crippen LogP contribution is -2.04. The topological polar surface area (TPSA) is 26.3 Å². The second-order valence-electron chi connectivity index (χ2n) is 4.77. The van der Waals surface area contributed by atoms with E-state index >= 15 is 0 Å². The highest BCUT2D eigenvalue weighted by Gasteiger charge is 2.15. The van der Waals surface area contributed by atoms with Crippen LogP contribution >= 0.6 is 0 Å². The molecule has 0 fully saturated rings. The van der Waals surface area contributed by atoms with Crippen molar-refractivity contribution in [3.05, 3.63) is 64.7 Å². The van der Waals surface area contributed by atoms with E-state index in [4.69, 9.17) is 4.74 Å². The first-order valence-electron chi connectivity index (χ1n) is 6.36. The van der Waals surface area contributed by atoms with Crippen molar-refractivity contribution in [2.45, 2.75) is 12.8 Å². The summed E-state index contributed by atoms with van der Waals surface area (Å²) in [6, 6.07) is 8.81. The van der Waals surface area contributed by atoms with Crippen molar-refractivity contribution < 1.29 is 18.3 Å². The third-order valence-corrected chi connectivity index (χ3v) is 3.36. The lowest BCUT2D eigenvalue weighted by Gasteiger charge is -2.04. The summed E-state index contributed by atoms with van der Waals surface area (Å²) in [6.45, 7) is 0.635. The van der Waals surface area contributed by atoms with Gasteiger partial charge >= 0.3 is 0 Å². The van der Waals surface area contributed by atoms with Gasteiger partial charge in [0.15, 0.2) is 17.4 Å². The number of halogens is 2. The highest BCUT2D eigenvalue weighted by atomic mass is 19.2. The Morgan fingerprint density at radius 1 is 1.10 bits per heavy atom. The number of carbonyl (C=O) groups is 1. The van der Waals surface area contributed by atoms with Crippen LogP contribution in [0.4, 0.5) is 8.78 Å². The van der Waals surface area contributed by atoms with Crippen LogP contribution in [-0.2, 0) is 12.8 Å². The number of benzene rings is 2. The molecule has 0 bridgehead atoms. The molecule has 0 saturated heterocycles. The zero-order valence-electron chi connectivity index (χ0n) is 10.7. The lowest BCUT2D eigenvalue weighted by molar-refractivity contribution is 0.0993. The zero-order valence-corrected chi connectivity index (χ0v) is 10.7. The van der Waals surface area contributed by atoms with Crippen molar-refractivity contribution in [2.24, 2.45) is 0 Å². The number of Topliss-reactive ketones (excluding diaryl/α,β-unsaturated/α-hetero) is 1. The summed E-state index contributed by atoms with van der Waals surface area (Å²) >= 11 is 0. The minimum Gasteiger partial charge on any atom is -0.493 e. The molecule has 102 valence electrons. The number of rotatable bonds is 3. The fourth-order valence-electron chi connectivity index (χ4n) is 2.30. The van der Waals surface area contributed by atoms with Gasteiger partial charge < -0.3 is 4.74 Å². The Kier molecular flexibility index (Phi) is 3.22. The molecule has 0 aromatic heterocycles. The molecule has 3 rings (SSSR count). The Hall–Kier alpha value is -2.23. The molecule has 0 spiro atoms. The fourth-order valence-corrected chi connectivity index (χ4v) is 2.30. The molecular weight excluding hydrogens is 262 g/mol. The first-order chi connectivity index (χ1) is 9.63. The van der Waals surface area contributed by atoms with E-state index in [2.05, 4.69) is 0 Å². The van der Waals surface area contributed by atoms with E-state index in [-0.39, 0.29) is 12.2 Å². The van der Waals surface area contributed by atoms with Gasteiger partial charge in [0.25, 0.3) is 0 Å². The number of ether oxygens (including phenoxy) is 1. The summed E-state index contributed by atoms with van der Waals surface area (Å²) in [6.07, 6.45) is 0.846. The predicted molar refractivity (Wildman–Crippen MR) is 70.0 cm³/mol. The highest BCUT2D eigenvalue weighted by molar-refractivity contribution is 5.97. The summed E-state index contributed by atoms with van der Waals surface area (Å²) in [5, 5.41) is 0. The number of carbonyl (C=O) groups excluding carboxylic acids is 1. The SMILES string of the molecule is O=C(Cc1ccc(F)c(F)c1)c1ccc2c(c1)CCO2. The molecule has 0 radical (unpaired) electrons. The van der Waals surface area contributed by atoms with Crippen molar-refractivity contribution in [3.63, 3.8) is 0 Å². The molecule has 0 aliphatic carbocycles. The first-order valence-corrected chi connectivity index (χ1v) is 6.36. The maximum absolute atomic E-state index is 13.1. The number of hydrogen-bond acceptors (Lipinski definition) is 2. The van der Waals surface area contributed by atoms with Crippen LogP contribution in [0.25, 0.3) is 0 Å². The van der Waals surface area contributed by atoms with E-state index in [1.165, 1.54) is 6.07 Å². The Balaban J connectivity index is 1.80. The molecule has 1 aliphatic heterocycles. The average molecular weight is 274 g/mol.